The lowest BCUT2D eigenvalue weighted by Gasteiger charge is -2.19. The zero-order valence-corrected chi connectivity index (χ0v) is 14.2. The molecule has 4 nitrogen and oxygen atoms in total. The van der Waals surface area contributed by atoms with Crippen LogP contribution < -0.4 is 9.80 Å². The van der Waals surface area contributed by atoms with Gasteiger partial charge in [-0.05, 0) is 36.6 Å². The van der Waals surface area contributed by atoms with E-state index in [1.54, 1.807) is 6.92 Å². The summed E-state index contributed by atoms with van der Waals surface area (Å²) in [6.07, 6.45) is 1.06. The number of hydrogen-bond donors (Lipinski definition) is 1. The van der Waals surface area contributed by atoms with E-state index in [4.69, 9.17) is 4.74 Å². The van der Waals surface area contributed by atoms with Gasteiger partial charge < -0.3 is 4.74 Å². The minimum absolute atomic E-state index is 0.102. The molecular formula is C19H22FNO3. The first-order valence-corrected chi connectivity index (χ1v) is 7.98. The maximum atomic E-state index is 13.5. The number of benzene rings is 2. The SMILES string of the molecule is CCC(=O)N(O)c1cc(F)ccc1COc1ccc(CC)cc1C. The van der Waals surface area contributed by atoms with Gasteiger partial charge in [-0.2, -0.15) is 5.06 Å². The molecule has 0 fully saturated rings. The summed E-state index contributed by atoms with van der Waals surface area (Å²) < 4.78 is 19.3. The molecule has 2 aromatic carbocycles. The Morgan fingerprint density at radius 3 is 2.58 bits per heavy atom. The molecule has 1 amide bonds. The van der Waals surface area contributed by atoms with Crippen LogP contribution in [0.3, 0.4) is 0 Å². The fourth-order valence-corrected chi connectivity index (χ4v) is 2.39. The van der Waals surface area contributed by atoms with Gasteiger partial charge in [0.25, 0.3) is 0 Å². The van der Waals surface area contributed by atoms with Crippen molar-refractivity contribution in [3.05, 3.63) is 58.9 Å². The lowest BCUT2D eigenvalue weighted by atomic mass is 10.1. The van der Waals surface area contributed by atoms with Crippen molar-refractivity contribution in [1.29, 1.82) is 0 Å². The van der Waals surface area contributed by atoms with Crippen LogP contribution in [0, 0.1) is 12.7 Å². The summed E-state index contributed by atoms with van der Waals surface area (Å²) in [4.78, 5) is 11.7. The summed E-state index contributed by atoms with van der Waals surface area (Å²) in [7, 11) is 0. The fraction of sp³-hybridized carbons (Fsp3) is 0.316. The lowest BCUT2D eigenvalue weighted by Crippen LogP contribution is -2.27. The Morgan fingerprint density at radius 1 is 1.21 bits per heavy atom. The van der Waals surface area contributed by atoms with Gasteiger partial charge in [-0.15, -0.1) is 0 Å². The highest BCUT2D eigenvalue weighted by Gasteiger charge is 2.17. The van der Waals surface area contributed by atoms with Gasteiger partial charge in [0, 0.05) is 18.1 Å². The van der Waals surface area contributed by atoms with Crippen LogP contribution in [0.5, 0.6) is 5.75 Å². The van der Waals surface area contributed by atoms with Crippen LogP contribution in [0.1, 0.15) is 37.0 Å². The van der Waals surface area contributed by atoms with Crippen LogP contribution in [0.2, 0.25) is 0 Å². The van der Waals surface area contributed by atoms with Gasteiger partial charge in [-0.1, -0.05) is 32.0 Å². The smallest absolute Gasteiger partial charge is 0.250 e. The number of rotatable bonds is 6. The van der Waals surface area contributed by atoms with E-state index >= 15 is 0 Å². The van der Waals surface area contributed by atoms with Crippen molar-refractivity contribution in [3.63, 3.8) is 0 Å². The van der Waals surface area contributed by atoms with Gasteiger partial charge in [0.1, 0.15) is 18.2 Å². The standard InChI is InChI=1S/C19H22FNO3/c1-4-14-6-9-18(13(3)10-14)24-12-15-7-8-16(20)11-17(15)21(23)19(22)5-2/h6-11,23H,4-5,12H2,1-3H3. The Labute approximate surface area is 141 Å². The van der Waals surface area contributed by atoms with Crippen molar-refractivity contribution in [1.82, 2.24) is 0 Å². The number of ether oxygens (including phenoxy) is 1. The number of anilines is 1. The topological polar surface area (TPSA) is 49.8 Å². The van der Waals surface area contributed by atoms with Crippen LogP contribution >= 0.6 is 0 Å². The molecule has 0 aliphatic rings. The lowest BCUT2D eigenvalue weighted by molar-refractivity contribution is -0.123. The number of amides is 1. The van der Waals surface area contributed by atoms with E-state index in [0.29, 0.717) is 16.4 Å². The van der Waals surface area contributed by atoms with Gasteiger partial charge in [-0.3, -0.25) is 10.0 Å². The van der Waals surface area contributed by atoms with E-state index in [0.717, 1.165) is 18.1 Å². The van der Waals surface area contributed by atoms with Gasteiger partial charge in [0.05, 0.1) is 5.69 Å². The van der Waals surface area contributed by atoms with Crippen LogP contribution in [0.25, 0.3) is 0 Å². The van der Waals surface area contributed by atoms with E-state index < -0.39 is 11.7 Å². The maximum absolute atomic E-state index is 13.5. The maximum Gasteiger partial charge on any atom is 0.250 e. The molecule has 0 radical (unpaired) electrons. The molecule has 2 aromatic rings. The molecule has 0 aromatic heterocycles. The van der Waals surface area contributed by atoms with E-state index in [1.165, 1.54) is 17.7 Å². The van der Waals surface area contributed by atoms with Crippen molar-refractivity contribution >= 4 is 11.6 Å². The molecule has 0 unspecified atom stereocenters. The summed E-state index contributed by atoms with van der Waals surface area (Å²) >= 11 is 0. The molecule has 128 valence electrons. The fourth-order valence-electron chi connectivity index (χ4n) is 2.39. The molecule has 0 aliphatic heterocycles. The molecular weight excluding hydrogens is 309 g/mol. The highest BCUT2D eigenvalue weighted by atomic mass is 19.1. The molecule has 0 bridgehead atoms. The highest BCUT2D eigenvalue weighted by Crippen LogP contribution is 2.25. The Balaban J connectivity index is 2.22. The second-order valence-corrected chi connectivity index (χ2v) is 5.57. The Morgan fingerprint density at radius 2 is 1.96 bits per heavy atom. The molecule has 0 aliphatic carbocycles. The average Bonchev–Trinajstić information content (AvgIpc) is 2.59. The van der Waals surface area contributed by atoms with Crippen LogP contribution in [0.4, 0.5) is 10.1 Å². The Kier molecular flexibility index (Phi) is 5.93. The molecule has 0 atom stereocenters. The average molecular weight is 331 g/mol. The number of hydroxylamine groups is 1. The predicted octanol–water partition coefficient (Wildman–Crippen LogP) is 4.41. The van der Waals surface area contributed by atoms with Gasteiger partial charge in [0.15, 0.2) is 0 Å². The molecule has 1 N–H and O–H groups in total. The van der Waals surface area contributed by atoms with Gasteiger partial charge in [0.2, 0.25) is 5.91 Å². The number of nitrogens with zero attached hydrogens (tertiary/aromatic N) is 1. The second kappa shape index (κ2) is 7.93. The number of halogens is 1. The zero-order valence-electron chi connectivity index (χ0n) is 14.2. The number of aryl methyl sites for hydroxylation is 2. The first-order chi connectivity index (χ1) is 11.5. The third-order valence-corrected chi connectivity index (χ3v) is 3.84. The Bertz CT molecular complexity index is 731. The van der Waals surface area contributed by atoms with Gasteiger partial charge in [-0.25, -0.2) is 4.39 Å². The van der Waals surface area contributed by atoms with Crippen molar-refractivity contribution < 1.29 is 19.1 Å². The third-order valence-electron chi connectivity index (χ3n) is 3.84. The summed E-state index contributed by atoms with van der Waals surface area (Å²) in [5, 5.41) is 10.5. The number of carbonyl (C=O) groups is 1. The molecule has 24 heavy (non-hydrogen) atoms. The minimum atomic E-state index is -0.528. The van der Waals surface area contributed by atoms with E-state index in [2.05, 4.69) is 13.0 Å². The molecule has 0 saturated carbocycles. The molecule has 2 rings (SSSR count). The van der Waals surface area contributed by atoms with Crippen LogP contribution in [0.15, 0.2) is 36.4 Å². The second-order valence-electron chi connectivity index (χ2n) is 5.57. The van der Waals surface area contributed by atoms with Crippen molar-refractivity contribution in [2.45, 2.75) is 40.2 Å². The highest BCUT2D eigenvalue weighted by molar-refractivity contribution is 5.91. The monoisotopic (exact) mass is 331 g/mol. The van der Waals surface area contributed by atoms with Crippen LogP contribution in [-0.2, 0) is 17.8 Å². The van der Waals surface area contributed by atoms with Crippen molar-refractivity contribution in [3.8, 4) is 5.75 Å². The number of hydrogen-bond acceptors (Lipinski definition) is 3. The molecule has 5 heteroatoms. The summed E-state index contributed by atoms with van der Waals surface area (Å²) in [5.74, 6) is -0.320. The molecule has 0 saturated heterocycles. The van der Waals surface area contributed by atoms with Crippen molar-refractivity contribution in [2.75, 3.05) is 5.06 Å². The summed E-state index contributed by atoms with van der Waals surface area (Å²) in [6, 6.07) is 9.85. The summed E-state index contributed by atoms with van der Waals surface area (Å²) in [6.45, 7) is 5.79. The molecule has 0 heterocycles. The third kappa shape index (κ3) is 4.11. The first-order valence-electron chi connectivity index (χ1n) is 7.98. The number of carbonyl (C=O) groups excluding carboxylic acids is 1. The predicted molar refractivity (Wildman–Crippen MR) is 90.9 cm³/mol. The van der Waals surface area contributed by atoms with Gasteiger partial charge >= 0.3 is 0 Å². The minimum Gasteiger partial charge on any atom is -0.489 e. The van der Waals surface area contributed by atoms with E-state index in [-0.39, 0.29) is 18.7 Å². The molecule has 0 spiro atoms. The zero-order chi connectivity index (χ0) is 17.7. The van der Waals surface area contributed by atoms with Crippen molar-refractivity contribution in [2.24, 2.45) is 0 Å². The Hall–Kier alpha value is -2.40. The quantitative estimate of drug-likeness (QED) is 0.630. The van der Waals surface area contributed by atoms with E-state index in [9.17, 15) is 14.4 Å². The largest absolute Gasteiger partial charge is 0.489 e. The van der Waals surface area contributed by atoms with Crippen LogP contribution in [-0.4, -0.2) is 11.1 Å². The van der Waals surface area contributed by atoms with E-state index in [1.807, 2.05) is 19.1 Å². The summed E-state index contributed by atoms with van der Waals surface area (Å²) in [5.41, 5.74) is 2.85. The first kappa shape index (κ1) is 17.9. The normalized spacial score (nSPS) is 10.5.